The summed E-state index contributed by atoms with van der Waals surface area (Å²) in [4.78, 5) is 12.3. The molecule has 0 aromatic heterocycles. The third-order valence-electron chi connectivity index (χ3n) is 2.19. The SMILES string of the molecule is C=CC(=C)/C(N)=N\C=N/C(=C)/C(=N\C)C(C)(C)C. The van der Waals surface area contributed by atoms with Crippen molar-refractivity contribution < 1.29 is 0 Å². The lowest BCUT2D eigenvalue weighted by Crippen LogP contribution is -2.21. The minimum atomic E-state index is -0.108. The molecule has 18 heavy (non-hydrogen) atoms. The van der Waals surface area contributed by atoms with Crippen LogP contribution in [0.4, 0.5) is 0 Å². The average molecular weight is 246 g/mol. The number of rotatable bonds is 5. The van der Waals surface area contributed by atoms with Crippen LogP contribution in [-0.4, -0.2) is 24.9 Å². The van der Waals surface area contributed by atoms with Crippen molar-refractivity contribution in [3.8, 4) is 0 Å². The molecule has 0 aliphatic rings. The molecular weight excluding hydrogens is 224 g/mol. The summed E-state index contributed by atoms with van der Waals surface area (Å²) < 4.78 is 0. The highest BCUT2D eigenvalue weighted by Gasteiger charge is 2.20. The zero-order valence-electron chi connectivity index (χ0n) is 11.7. The van der Waals surface area contributed by atoms with Gasteiger partial charge in [0.15, 0.2) is 0 Å². The number of aliphatic imine (C=N–C) groups is 3. The fourth-order valence-corrected chi connectivity index (χ4v) is 1.31. The monoisotopic (exact) mass is 246 g/mol. The van der Waals surface area contributed by atoms with Crippen LogP contribution in [0.1, 0.15) is 20.8 Å². The lowest BCUT2D eigenvalue weighted by Gasteiger charge is -2.20. The van der Waals surface area contributed by atoms with Crippen molar-refractivity contribution in [2.45, 2.75) is 20.8 Å². The Hall–Kier alpha value is -1.97. The molecule has 2 N–H and O–H groups in total. The minimum Gasteiger partial charge on any atom is -0.383 e. The molecule has 4 nitrogen and oxygen atoms in total. The van der Waals surface area contributed by atoms with Gasteiger partial charge in [-0.05, 0) is 0 Å². The topological polar surface area (TPSA) is 63.1 Å². The second-order valence-corrected chi connectivity index (χ2v) is 4.76. The summed E-state index contributed by atoms with van der Waals surface area (Å²) >= 11 is 0. The van der Waals surface area contributed by atoms with Gasteiger partial charge in [-0.1, -0.05) is 46.6 Å². The molecular formula is C14H22N4. The molecule has 0 spiro atoms. The van der Waals surface area contributed by atoms with Crippen LogP contribution in [0.3, 0.4) is 0 Å². The lowest BCUT2D eigenvalue weighted by molar-refractivity contribution is 0.589. The molecule has 0 amide bonds. The molecule has 0 saturated carbocycles. The van der Waals surface area contributed by atoms with E-state index < -0.39 is 0 Å². The fourth-order valence-electron chi connectivity index (χ4n) is 1.31. The predicted molar refractivity (Wildman–Crippen MR) is 81.4 cm³/mol. The zero-order valence-corrected chi connectivity index (χ0v) is 11.7. The van der Waals surface area contributed by atoms with E-state index in [2.05, 4.69) is 34.7 Å². The van der Waals surface area contributed by atoms with E-state index in [4.69, 9.17) is 5.73 Å². The maximum absolute atomic E-state index is 5.64. The molecule has 0 aliphatic carbocycles. The lowest BCUT2D eigenvalue weighted by atomic mass is 9.88. The van der Waals surface area contributed by atoms with E-state index in [-0.39, 0.29) is 11.3 Å². The van der Waals surface area contributed by atoms with Gasteiger partial charge in [-0.2, -0.15) is 0 Å². The first-order chi connectivity index (χ1) is 8.23. The molecule has 0 aromatic carbocycles. The van der Waals surface area contributed by atoms with Gasteiger partial charge in [0, 0.05) is 18.0 Å². The Morgan fingerprint density at radius 2 is 1.78 bits per heavy atom. The summed E-state index contributed by atoms with van der Waals surface area (Å²) in [6, 6.07) is 0. The maximum atomic E-state index is 5.64. The highest BCUT2D eigenvalue weighted by Crippen LogP contribution is 2.21. The van der Waals surface area contributed by atoms with Crippen LogP contribution in [0.25, 0.3) is 0 Å². The zero-order chi connectivity index (χ0) is 14.3. The Kier molecular flexibility index (Phi) is 5.96. The second-order valence-electron chi connectivity index (χ2n) is 4.76. The molecule has 0 rings (SSSR count). The van der Waals surface area contributed by atoms with Gasteiger partial charge in [0.25, 0.3) is 0 Å². The average Bonchev–Trinajstić information content (AvgIpc) is 2.26. The summed E-state index contributed by atoms with van der Waals surface area (Å²) in [5.41, 5.74) is 7.49. The van der Waals surface area contributed by atoms with Gasteiger partial charge in [-0.15, -0.1) is 0 Å². The highest BCUT2D eigenvalue weighted by atomic mass is 14.9. The van der Waals surface area contributed by atoms with Crippen molar-refractivity contribution >= 4 is 17.9 Å². The smallest absolute Gasteiger partial charge is 0.131 e. The third kappa shape index (κ3) is 4.91. The van der Waals surface area contributed by atoms with Crippen molar-refractivity contribution in [3.63, 3.8) is 0 Å². The van der Waals surface area contributed by atoms with E-state index in [0.29, 0.717) is 11.3 Å². The molecule has 4 heteroatoms. The Balaban J connectivity index is 4.88. The van der Waals surface area contributed by atoms with Crippen molar-refractivity contribution in [1.82, 2.24) is 0 Å². The number of hydrogen-bond donors (Lipinski definition) is 1. The Morgan fingerprint density at radius 1 is 1.22 bits per heavy atom. The fraction of sp³-hybridized carbons (Fsp3) is 0.357. The largest absolute Gasteiger partial charge is 0.383 e. The van der Waals surface area contributed by atoms with Crippen LogP contribution in [0, 0.1) is 5.41 Å². The van der Waals surface area contributed by atoms with Crippen molar-refractivity contribution in [3.05, 3.63) is 37.1 Å². The first kappa shape index (κ1) is 16.0. The molecule has 0 bridgehead atoms. The van der Waals surface area contributed by atoms with Crippen LogP contribution < -0.4 is 5.73 Å². The molecule has 0 radical (unpaired) electrons. The summed E-state index contributed by atoms with van der Waals surface area (Å²) in [5.74, 6) is 0.285. The normalized spacial score (nSPS) is 13.8. The summed E-state index contributed by atoms with van der Waals surface area (Å²) in [6.45, 7) is 17.3. The van der Waals surface area contributed by atoms with E-state index >= 15 is 0 Å². The Labute approximate surface area is 109 Å². The Bertz CT molecular complexity index is 431. The summed E-state index contributed by atoms with van der Waals surface area (Å²) in [6.07, 6.45) is 2.89. The quantitative estimate of drug-likeness (QED) is 0.452. The van der Waals surface area contributed by atoms with E-state index in [1.807, 2.05) is 20.8 Å². The molecule has 0 atom stereocenters. The van der Waals surface area contributed by atoms with Gasteiger partial charge >= 0.3 is 0 Å². The molecule has 0 aliphatic heterocycles. The standard InChI is InChI=1S/C14H22N4/c1-8-10(2)13(15)18-9-17-11(3)12(16-7)14(4,5)6/h8-9H,1-3H2,4-7H3,(H2,15,17,18)/b16-12+. The van der Waals surface area contributed by atoms with Crippen molar-refractivity contribution in [2.75, 3.05) is 7.05 Å². The van der Waals surface area contributed by atoms with Gasteiger partial charge < -0.3 is 5.73 Å². The maximum Gasteiger partial charge on any atom is 0.131 e. The van der Waals surface area contributed by atoms with Crippen LogP contribution in [0.5, 0.6) is 0 Å². The first-order valence-electron chi connectivity index (χ1n) is 5.58. The summed E-state index contributed by atoms with van der Waals surface area (Å²) in [7, 11) is 1.72. The highest BCUT2D eigenvalue weighted by molar-refractivity contribution is 6.05. The van der Waals surface area contributed by atoms with Crippen molar-refractivity contribution in [1.29, 1.82) is 0 Å². The predicted octanol–water partition coefficient (Wildman–Crippen LogP) is 2.74. The second kappa shape index (κ2) is 6.69. The molecule has 0 unspecified atom stereocenters. The first-order valence-corrected chi connectivity index (χ1v) is 5.58. The van der Waals surface area contributed by atoms with Crippen LogP contribution >= 0.6 is 0 Å². The van der Waals surface area contributed by atoms with Gasteiger partial charge in [-0.3, -0.25) is 4.99 Å². The van der Waals surface area contributed by atoms with E-state index in [9.17, 15) is 0 Å². The number of amidine groups is 1. The molecule has 0 heterocycles. The molecule has 0 saturated heterocycles. The molecule has 0 aromatic rings. The third-order valence-corrected chi connectivity index (χ3v) is 2.19. The number of allylic oxidation sites excluding steroid dienone is 1. The van der Waals surface area contributed by atoms with E-state index in [1.54, 1.807) is 7.05 Å². The van der Waals surface area contributed by atoms with Gasteiger partial charge in [0.05, 0.1) is 11.4 Å². The van der Waals surface area contributed by atoms with Crippen LogP contribution in [0.2, 0.25) is 0 Å². The Morgan fingerprint density at radius 3 is 2.17 bits per heavy atom. The van der Waals surface area contributed by atoms with Gasteiger partial charge in [0.1, 0.15) is 12.2 Å². The van der Waals surface area contributed by atoms with Gasteiger partial charge in [-0.25, -0.2) is 9.98 Å². The van der Waals surface area contributed by atoms with Gasteiger partial charge in [0.2, 0.25) is 0 Å². The summed E-state index contributed by atoms with van der Waals surface area (Å²) in [5, 5.41) is 0. The van der Waals surface area contributed by atoms with Crippen LogP contribution in [-0.2, 0) is 0 Å². The van der Waals surface area contributed by atoms with Crippen LogP contribution in [0.15, 0.2) is 52.1 Å². The number of hydrogen-bond acceptors (Lipinski definition) is 2. The number of nitrogens with two attached hydrogens (primary N) is 1. The molecule has 98 valence electrons. The van der Waals surface area contributed by atoms with E-state index in [1.165, 1.54) is 12.4 Å². The molecule has 0 fully saturated rings. The number of nitrogens with zero attached hydrogens (tertiary/aromatic N) is 3. The van der Waals surface area contributed by atoms with Crippen molar-refractivity contribution in [2.24, 2.45) is 26.1 Å². The minimum absolute atomic E-state index is 0.108. The van der Waals surface area contributed by atoms with E-state index in [0.717, 1.165) is 5.71 Å².